The van der Waals surface area contributed by atoms with Crippen LogP contribution in [0.1, 0.15) is 24.3 Å². The molecule has 0 amide bonds. The van der Waals surface area contributed by atoms with Gasteiger partial charge in [0, 0.05) is 36.7 Å². The minimum Gasteiger partial charge on any atom is -0.497 e. The number of ether oxygens (including phenoxy) is 3. The molecule has 188 valence electrons. The fourth-order valence-corrected chi connectivity index (χ4v) is 6.40. The Bertz CT molecular complexity index is 1230. The van der Waals surface area contributed by atoms with E-state index in [1.165, 1.54) is 15.3 Å². The van der Waals surface area contributed by atoms with E-state index in [4.69, 9.17) is 14.2 Å². The summed E-state index contributed by atoms with van der Waals surface area (Å²) in [6, 6.07) is 12.9. The number of sulfonamides is 1. The van der Waals surface area contributed by atoms with Crippen molar-refractivity contribution in [2.45, 2.75) is 23.7 Å². The highest BCUT2D eigenvalue weighted by atomic mass is 32.2. The molecular formula is C26H33N3O5S. The molecule has 0 aliphatic carbocycles. The van der Waals surface area contributed by atoms with Crippen molar-refractivity contribution < 1.29 is 22.6 Å². The number of H-pyrrole nitrogens is 1. The Morgan fingerprint density at radius 3 is 2.43 bits per heavy atom. The number of morpholine rings is 1. The largest absolute Gasteiger partial charge is 0.497 e. The van der Waals surface area contributed by atoms with Gasteiger partial charge in [-0.3, -0.25) is 4.90 Å². The molecule has 0 radical (unpaired) electrons. The predicted molar refractivity (Wildman–Crippen MR) is 135 cm³/mol. The number of nitrogens with one attached hydrogen (secondary N) is 1. The highest BCUT2D eigenvalue weighted by Crippen LogP contribution is 2.34. The van der Waals surface area contributed by atoms with Crippen molar-refractivity contribution in [1.29, 1.82) is 0 Å². The highest BCUT2D eigenvalue weighted by molar-refractivity contribution is 7.89. The molecule has 8 nitrogen and oxygen atoms in total. The zero-order valence-corrected chi connectivity index (χ0v) is 20.9. The molecule has 3 aromatic rings. The Morgan fingerprint density at radius 2 is 1.71 bits per heavy atom. The van der Waals surface area contributed by atoms with Gasteiger partial charge in [-0.05, 0) is 79.9 Å². The van der Waals surface area contributed by atoms with Crippen LogP contribution in [0.4, 0.5) is 0 Å². The van der Waals surface area contributed by atoms with E-state index in [2.05, 4.69) is 28.2 Å². The van der Waals surface area contributed by atoms with Crippen LogP contribution in [0, 0.1) is 0 Å². The van der Waals surface area contributed by atoms with Gasteiger partial charge in [-0.1, -0.05) is 0 Å². The van der Waals surface area contributed by atoms with Crippen LogP contribution >= 0.6 is 0 Å². The Labute approximate surface area is 206 Å². The number of piperidine rings is 1. The van der Waals surface area contributed by atoms with Crippen molar-refractivity contribution in [3.8, 4) is 11.5 Å². The van der Waals surface area contributed by atoms with Crippen molar-refractivity contribution in [2.75, 3.05) is 59.7 Å². The molecule has 0 spiro atoms. The van der Waals surface area contributed by atoms with E-state index < -0.39 is 10.0 Å². The van der Waals surface area contributed by atoms with Gasteiger partial charge in [-0.25, -0.2) is 8.42 Å². The highest BCUT2D eigenvalue weighted by Gasteiger charge is 2.26. The number of rotatable bonds is 8. The average molecular weight is 500 g/mol. The van der Waals surface area contributed by atoms with E-state index in [1.807, 2.05) is 6.07 Å². The quantitative estimate of drug-likeness (QED) is 0.511. The summed E-state index contributed by atoms with van der Waals surface area (Å²) in [5.41, 5.74) is 2.53. The Balaban J connectivity index is 1.10. The number of fused-ring (bicyclic) bond motifs is 1. The van der Waals surface area contributed by atoms with Crippen LogP contribution < -0.4 is 9.47 Å². The molecule has 2 saturated heterocycles. The minimum absolute atomic E-state index is 0.295. The molecule has 1 aromatic heterocycles. The number of aromatic amines is 1. The lowest BCUT2D eigenvalue weighted by atomic mass is 9.89. The van der Waals surface area contributed by atoms with Crippen LogP contribution in [0.15, 0.2) is 53.6 Å². The van der Waals surface area contributed by atoms with Gasteiger partial charge in [0.2, 0.25) is 10.0 Å². The van der Waals surface area contributed by atoms with Gasteiger partial charge in [-0.15, -0.1) is 0 Å². The van der Waals surface area contributed by atoms with Crippen LogP contribution in [0.3, 0.4) is 0 Å². The summed E-state index contributed by atoms with van der Waals surface area (Å²) in [5, 5.41) is 1.25. The lowest BCUT2D eigenvalue weighted by Crippen LogP contribution is -2.40. The first kappa shape index (κ1) is 24.1. The Hall–Kier alpha value is -2.59. The van der Waals surface area contributed by atoms with Gasteiger partial charge in [0.15, 0.2) is 0 Å². The smallest absolute Gasteiger partial charge is 0.243 e. The molecule has 2 fully saturated rings. The SMILES string of the molecule is COc1ccc2[nH]cc(C3CCN(CCOc4ccc(S(=O)(=O)N5CCOCC5)cc4)CC3)c2c1. The summed E-state index contributed by atoms with van der Waals surface area (Å²) in [7, 11) is -1.77. The number of hydrogen-bond donors (Lipinski definition) is 1. The molecule has 9 heteroatoms. The summed E-state index contributed by atoms with van der Waals surface area (Å²) < 4.78 is 43.6. The van der Waals surface area contributed by atoms with Crippen molar-refractivity contribution in [2.24, 2.45) is 0 Å². The van der Waals surface area contributed by atoms with Gasteiger partial charge in [0.05, 0.1) is 25.2 Å². The van der Waals surface area contributed by atoms with Gasteiger partial charge in [0.25, 0.3) is 0 Å². The maximum absolute atomic E-state index is 12.7. The van der Waals surface area contributed by atoms with E-state index in [-0.39, 0.29) is 0 Å². The summed E-state index contributed by atoms with van der Waals surface area (Å²) in [6.45, 7) is 5.15. The molecule has 2 aliphatic rings. The number of hydrogen-bond acceptors (Lipinski definition) is 6. The van der Waals surface area contributed by atoms with Crippen LogP contribution in [0.25, 0.3) is 10.9 Å². The molecule has 1 N–H and O–H groups in total. The summed E-state index contributed by atoms with van der Waals surface area (Å²) in [6.07, 6.45) is 4.37. The third-order valence-electron chi connectivity index (χ3n) is 7.06. The number of likely N-dealkylation sites (tertiary alicyclic amines) is 1. The number of nitrogens with zero attached hydrogens (tertiary/aromatic N) is 2. The fourth-order valence-electron chi connectivity index (χ4n) is 4.99. The van der Waals surface area contributed by atoms with E-state index in [0.29, 0.717) is 49.5 Å². The number of aromatic nitrogens is 1. The van der Waals surface area contributed by atoms with Gasteiger partial charge < -0.3 is 19.2 Å². The summed E-state index contributed by atoms with van der Waals surface area (Å²) in [4.78, 5) is 6.13. The Kier molecular flexibility index (Phi) is 7.29. The maximum Gasteiger partial charge on any atom is 0.243 e. The first-order valence-electron chi connectivity index (χ1n) is 12.2. The molecule has 0 saturated carbocycles. The summed E-state index contributed by atoms with van der Waals surface area (Å²) in [5.74, 6) is 2.11. The van der Waals surface area contributed by atoms with Crippen molar-refractivity contribution in [1.82, 2.24) is 14.2 Å². The molecule has 2 aromatic carbocycles. The van der Waals surface area contributed by atoms with E-state index in [1.54, 1.807) is 31.4 Å². The fraction of sp³-hybridized carbons (Fsp3) is 0.462. The van der Waals surface area contributed by atoms with Crippen LogP contribution in [-0.4, -0.2) is 82.3 Å². The first-order chi connectivity index (χ1) is 17.0. The number of methoxy groups -OCH3 is 1. The second-order valence-electron chi connectivity index (χ2n) is 9.11. The lowest BCUT2D eigenvalue weighted by molar-refractivity contribution is 0.0730. The van der Waals surface area contributed by atoms with Crippen molar-refractivity contribution in [3.05, 3.63) is 54.2 Å². The Morgan fingerprint density at radius 1 is 1.00 bits per heavy atom. The van der Waals surface area contributed by atoms with Gasteiger partial charge in [0.1, 0.15) is 18.1 Å². The first-order valence-corrected chi connectivity index (χ1v) is 13.7. The summed E-state index contributed by atoms with van der Waals surface area (Å²) >= 11 is 0. The second-order valence-corrected chi connectivity index (χ2v) is 11.0. The zero-order valence-electron chi connectivity index (χ0n) is 20.1. The molecule has 0 atom stereocenters. The van der Waals surface area contributed by atoms with E-state index >= 15 is 0 Å². The standard InChI is InChI=1S/C26H33N3O5S/c1-32-22-4-7-26-24(18-22)25(19-27-26)20-8-10-28(11-9-20)12-17-34-21-2-5-23(6-3-21)35(30,31)29-13-15-33-16-14-29/h2-7,18-20,27H,8-17H2,1H3. The van der Waals surface area contributed by atoms with Gasteiger partial charge in [-0.2, -0.15) is 4.31 Å². The minimum atomic E-state index is -3.48. The maximum atomic E-state index is 12.7. The van der Waals surface area contributed by atoms with E-state index in [0.717, 1.165) is 43.7 Å². The second kappa shape index (κ2) is 10.6. The lowest BCUT2D eigenvalue weighted by Gasteiger charge is -2.31. The molecular weight excluding hydrogens is 466 g/mol. The topological polar surface area (TPSA) is 84.1 Å². The molecule has 2 aliphatic heterocycles. The van der Waals surface area contributed by atoms with Crippen LogP contribution in [0.2, 0.25) is 0 Å². The van der Waals surface area contributed by atoms with Crippen molar-refractivity contribution in [3.63, 3.8) is 0 Å². The van der Waals surface area contributed by atoms with Crippen LogP contribution in [0.5, 0.6) is 11.5 Å². The zero-order chi connectivity index (χ0) is 24.3. The van der Waals surface area contributed by atoms with Crippen molar-refractivity contribution >= 4 is 20.9 Å². The normalized spacial score (nSPS) is 18.7. The van der Waals surface area contributed by atoms with E-state index in [9.17, 15) is 8.42 Å². The molecule has 0 bridgehead atoms. The molecule has 3 heterocycles. The third kappa shape index (κ3) is 5.33. The average Bonchev–Trinajstić information content (AvgIpc) is 3.33. The molecule has 0 unspecified atom stereocenters. The monoisotopic (exact) mass is 499 g/mol. The molecule has 5 rings (SSSR count). The van der Waals surface area contributed by atoms with Gasteiger partial charge >= 0.3 is 0 Å². The van der Waals surface area contributed by atoms with Crippen LogP contribution in [-0.2, 0) is 14.8 Å². The number of benzene rings is 2. The third-order valence-corrected chi connectivity index (χ3v) is 8.97. The molecule has 35 heavy (non-hydrogen) atoms. The predicted octanol–water partition coefficient (Wildman–Crippen LogP) is 3.46.